The molecule has 0 aromatic heterocycles. The molecule has 0 spiro atoms. The molecule has 32 heavy (non-hydrogen) atoms. The SMILES string of the molecule is O=C(CN1C(=O)C2CC=CCC2C1=O)NCCN1C(=O)S/C(=C/c2ccccc2F)C1=O. The molecule has 8 nitrogen and oxygen atoms in total. The number of imide groups is 2. The highest BCUT2D eigenvalue weighted by Gasteiger charge is 2.47. The summed E-state index contributed by atoms with van der Waals surface area (Å²) < 4.78 is 13.8. The van der Waals surface area contributed by atoms with Gasteiger partial charge in [0.15, 0.2) is 0 Å². The van der Waals surface area contributed by atoms with E-state index >= 15 is 0 Å². The van der Waals surface area contributed by atoms with Crippen molar-refractivity contribution in [2.45, 2.75) is 12.8 Å². The Kier molecular flexibility index (Phi) is 6.22. The molecule has 2 unspecified atom stereocenters. The van der Waals surface area contributed by atoms with Crippen molar-refractivity contribution in [1.29, 1.82) is 0 Å². The Hall–Kier alpha value is -3.27. The Balaban J connectivity index is 1.30. The Morgan fingerprint density at radius 1 is 1.06 bits per heavy atom. The van der Waals surface area contributed by atoms with Crippen LogP contribution in [0.4, 0.5) is 9.18 Å². The van der Waals surface area contributed by atoms with Gasteiger partial charge in [-0.1, -0.05) is 30.4 Å². The largest absolute Gasteiger partial charge is 0.353 e. The van der Waals surface area contributed by atoms with Gasteiger partial charge in [0.25, 0.3) is 11.1 Å². The van der Waals surface area contributed by atoms with Crippen LogP contribution in [0.25, 0.3) is 6.08 Å². The van der Waals surface area contributed by atoms with Crippen LogP contribution in [0.15, 0.2) is 41.3 Å². The normalized spacial score (nSPS) is 24.0. The first kappa shape index (κ1) is 21.9. The molecule has 2 heterocycles. The fourth-order valence-corrected chi connectivity index (χ4v) is 4.81. The summed E-state index contributed by atoms with van der Waals surface area (Å²) in [5, 5.41) is 2.02. The zero-order valence-electron chi connectivity index (χ0n) is 17.0. The second kappa shape index (κ2) is 9.07. The Morgan fingerprint density at radius 3 is 2.38 bits per heavy atom. The molecule has 166 valence electrons. The number of fused-ring (bicyclic) bond motifs is 1. The van der Waals surface area contributed by atoms with Crippen LogP contribution in [-0.4, -0.2) is 58.3 Å². The van der Waals surface area contributed by atoms with Crippen LogP contribution in [0.2, 0.25) is 0 Å². The average molecular weight is 457 g/mol. The van der Waals surface area contributed by atoms with Crippen molar-refractivity contribution in [3.63, 3.8) is 0 Å². The number of carbonyl (C=O) groups is 5. The number of thioether (sulfide) groups is 1. The summed E-state index contributed by atoms with van der Waals surface area (Å²) in [6, 6.07) is 5.90. The molecule has 0 bridgehead atoms. The molecule has 0 radical (unpaired) electrons. The van der Waals surface area contributed by atoms with Crippen molar-refractivity contribution in [1.82, 2.24) is 15.1 Å². The number of likely N-dealkylation sites (tertiary alicyclic amines) is 1. The van der Waals surface area contributed by atoms with Gasteiger partial charge in [-0.05, 0) is 36.7 Å². The lowest BCUT2D eigenvalue weighted by atomic mass is 9.85. The molecule has 3 aliphatic rings. The number of allylic oxidation sites excluding steroid dienone is 2. The third-order valence-corrected chi connectivity index (χ3v) is 6.53. The third-order valence-electron chi connectivity index (χ3n) is 5.62. The summed E-state index contributed by atoms with van der Waals surface area (Å²) in [5.74, 6) is -3.12. The van der Waals surface area contributed by atoms with Crippen LogP contribution in [0.1, 0.15) is 18.4 Å². The van der Waals surface area contributed by atoms with Crippen molar-refractivity contribution in [3.05, 3.63) is 52.7 Å². The van der Waals surface area contributed by atoms with E-state index in [4.69, 9.17) is 0 Å². The molecular formula is C22H20FN3O5S. The van der Waals surface area contributed by atoms with Crippen LogP contribution in [-0.2, 0) is 19.2 Å². The summed E-state index contributed by atoms with van der Waals surface area (Å²) in [7, 11) is 0. The van der Waals surface area contributed by atoms with E-state index in [9.17, 15) is 28.4 Å². The highest BCUT2D eigenvalue weighted by atomic mass is 32.2. The first-order valence-corrected chi connectivity index (χ1v) is 11.0. The minimum absolute atomic E-state index is 0.0332. The minimum atomic E-state index is -0.570. The van der Waals surface area contributed by atoms with Crippen molar-refractivity contribution in [2.75, 3.05) is 19.6 Å². The maximum atomic E-state index is 13.8. The van der Waals surface area contributed by atoms with E-state index in [1.54, 1.807) is 6.07 Å². The van der Waals surface area contributed by atoms with E-state index in [0.29, 0.717) is 24.6 Å². The second-order valence-electron chi connectivity index (χ2n) is 7.62. The van der Waals surface area contributed by atoms with E-state index in [1.165, 1.54) is 24.3 Å². The number of hydrogen-bond acceptors (Lipinski definition) is 6. The van der Waals surface area contributed by atoms with Gasteiger partial charge in [-0.2, -0.15) is 0 Å². The number of hydrogen-bond donors (Lipinski definition) is 1. The van der Waals surface area contributed by atoms with Gasteiger partial charge in [0.05, 0.1) is 16.7 Å². The van der Waals surface area contributed by atoms with Crippen LogP contribution in [0.3, 0.4) is 0 Å². The molecule has 1 aromatic rings. The average Bonchev–Trinajstić information content (AvgIpc) is 3.18. The first-order chi connectivity index (χ1) is 15.4. The van der Waals surface area contributed by atoms with Crippen LogP contribution in [0, 0.1) is 17.7 Å². The molecule has 2 aliphatic heterocycles. The van der Waals surface area contributed by atoms with Crippen molar-refractivity contribution < 1.29 is 28.4 Å². The number of amides is 5. The first-order valence-electron chi connectivity index (χ1n) is 10.1. The zero-order valence-corrected chi connectivity index (χ0v) is 17.8. The predicted octanol–water partition coefficient (Wildman–Crippen LogP) is 1.93. The Morgan fingerprint density at radius 2 is 1.72 bits per heavy atom. The molecular weight excluding hydrogens is 437 g/mol. The van der Waals surface area contributed by atoms with Gasteiger partial charge in [0.1, 0.15) is 12.4 Å². The standard InChI is InChI=1S/C22H20FN3O5S/c23-16-8-4-1-5-13(16)11-17-21(30)25(22(31)32-17)10-9-24-18(27)12-26-19(28)14-6-2-3-7-15(14)20(26)29/h1-5,8,11,14-15H,6-7,9-10,12H2,(H,24,27)/b17-11+. The molecule has 4 rings (SSSR count). The molecule has 1 N–H and O–H groups in total. The number of carbonyl (C=O) groups excluding carboxylic acids is 5. The smallest absolute Gasteiger partial charge is 0.293 e. The zero-order chi connectivity index (χ0) is 22.8. The molecule has 2 atom stereocenters. The maximum absolute atomic E-state index is 13.8. The molecule has 1 aliphatic carbocycles. The van der Waals surface area contributed by atoms with Crippen molar-refractivity contribution in [3.8, 4) is 0 Å². The molecule has 2 fully saturated rings. The van der Waals surface area contributed by atoms with Gasteiger partial charge >= 0.3 is 0 Å². The van der Waals surface area contributed by atoms with E-state index in [0.717, 1.165) is 9.80 Å². The molecule has 1 aromatic carbocycles. The van der Waals surface area contributed by atoms with Crippen LogP contribution >= 0.6 is 11.8 Å². The summed E-state index contributed by atoms with van der Waals surface area (Å²) in [6.07, 6.45) is 6.04. The highest BCUT2D eigenvalue weighted by molar-refractivity contribution is 8.18. The van der Waals surface area contributed by atoms with E-state index < -0.39 is 34.7 Å². The summed E-state index contributed by atoms with van der Waals surface area (Å²) >= 11 is 0.698. The lowest BCUT2D eigenvalue weighted by Crippen LogP contribution is -2.43. The highest BCUT2D eigenvalue weighted by Crippen LogP contribution is 2.35. The van der Waals surface area contributed by atoms with E-state index in [2.05, 4.69) is 5.32 Å². The Labute approximate surface area is 187 Å². The number of rotatable bonds is 6. The monoisotopic (exact) mass is 457 g/mol. The maximum Gasteiger partial charge on any atom is 0.293 e. The van der Waals surface area contributed by atoms with Crippen molar-refractivity contribution >= 4 is 46.7 Å². The fourth-order valence-electron chi connectivity index (χ4n) is 3.96. The van der Waals surface area contributed by atoms with Gasteiger partial charge < -0.3 is 5.32 Å². The van der Waals surface area contributed by atoms with Gasteiger partial charge in [-0.15, -0.1) is 0 Å². The number of halogens is 1. The fraction of sp³-hybridized carbons (Fsp3) is 0.318. The lowest BCUT2D eigenvalue weighted by Gasteiger charge is -2.16. The molecule has 5 amide bonds. The molecule has 2 saturated heterocycles. The second-order valence-corrected chi connectivity index (χ2v) is 8.62. The summed E-state index contributed by atoms with van der Waals surface area (Å²) in [4.78, 5) is 63.8. The summed E-state index contributed by atoms with van der Waals surface area (Å²) in [5.41, 5.74) is 0.196. The van der Waals surface area contributed by atoms with Gasteiger partial charge in [0.2, 0.25) is 17.7 Å². The lowest BCUT2D eigenvalue weighted by molar-refractivity contribution is -0.143. The van der Waals surface area contributed by atoms with Gasteiger partial charge in [-0.3, -0.25) is 33.8 Å². The van der Waals surface area contributed by atoms with Gasteiger partial charge in [0, 0.05) is 18.7 Å². The van der Waals surface area contributed by atoms with Crippen LogP contribution < -0.4 is 5.32 Å². The van der Waals surface area contributed by atoms with Crippen molar-refractivity contribution in [2.24, 2.45) is 11.8 Å². The van der Waals surface area contributed by atoms with E-state index in [-0.39, 0.29) is 41.9 Å². The quantitative estimate of drug-likeness (QED) is 0.398. The number of nitrogens with zero attached hydrogens (tertiary/aromatic N) is 2. The Bertz CT molecular complexity index is 1040. The molecule has 0 saturated carbocycles. The minimum Gasteiger partial charge on any atom is -0.353 e. The third kappa shape index (κ3) is 4.22. The topological polar surface area (TPSA) is 104 Å². The van der Waals surface area contributed by atoms with Gasteiger partial charge in [-0.25, -0.2) is 4.39 Å². The number of nitrogens with one attached hydrogen (secondary N) is 1. The molecule has 10 heteroatoms. The number of benzene rings is 1. The predicted molar refractivity (Wildman–Crippen MR) is 114 cm³/mol. The van der Waals surface area contributed by atoms with Crippen LogP contribution in [0.5, 0.6) is 0 Å². The van der Waals surface area contributed by atoms with E-state index in [1.807, 2.05) is 12.2 Å². The summed E-state index contributed by atoms with van der Waals surface area (Å²) in [6.45, 7) is -0.504.